The number of hydrogen-bond acceptors (Lipinski definition) is 5. The molecule has 1 fully saturated rings. The topological polar surface area (TPSA) is 84.7 Å². The van der Waals surface area contributed by atoms with Crippen LogP contribution in [0.1, 0.15) is 17.0 Å². The average Bonchev–Trinajstić information content (AvgIpc) is 3.17. The molecule has 1 spiro atoms. The fourth-order valence-corrected chi connectivity index (χ4v) is 4.81. The number of terminal acetylenes is 1. The standard InChI is InChI=1S/C21H18ClN3O4/c1-3-10-29-18-9-8-13(11-16(18)22)14-12-24(2)21(19(14)25(27)28)15-6-4-5-7-17(15)23-20(21)26/h1,4-9,11,14,19H,10,12H2,2H3,(H,23,26)/t14-,19+,21+/m0/s1. The number of carbonyl (C=O) groups excluding carboxylic acids is 1. The molecule has 2 aliphatic heterocycles. The van der Waals surface area contributed by atoms with Crippen LogP contribution in [0.4, 0.5) is 5.69 Å². The van der Waals surface area contributed by atoms with E-state index in [1.54, 1.807) is 54.4 Å². The molecule has 4 rings (SSSR count). The fraction of sp³-hybridized carbons (Fsp3) is 0.286. The molecule has 1 amide bonds. The maximum Gasteiger partial charge on any atom is 0.256 e. The number of hydrogen-bond donors (Lipinski definition) is 1. The van der Waals surface area contributed by atoms with Crippen LogP contribution in [0, 0.1) is 22.5 Å². The van der Waals surface area contributed by atoms with Crippen molar-refractivity contribution < 1.29 is 14.5 Å². The van der Waals surface area contributed by atoms with Gasteiger partial charge in [0.15, 0.2) is 5.54 Å². The number of amides is 1. The Morgan fingerprint density at radius 2 is 2.17 bits per heavy atom. The number of nitrogens with one attached hydrogen (secondary N) is 1. The van der Waals surface area contributed by atoms with Gasteiger partial charge >= 0.3 is 0 Å². The first-order chi connectivity index (χ1) is 13.9. The van der Waals surface area contributed by atoms with Gasteiger partial charge in [-0.25, -0.2) is 0 Å². The molecule has 2 aromatic carbocycles. The van der Waals surface area contributed by atoms with Crippen molar-refractivity contribution in [1.82, 2.24) is 4.90 Å². The van der Waals surface area contributed by atoms with Gasteiger partial charge in [0.2, 0.25) is 0 Å². The van der Waals surface area contributed by atoms with Crippen LogP contribution in [0.5, 0.6) is 5.75 Å². The first-order valence-corrected chi connectivity index (χ1v) is 9.40. The zero-order chi connectivity index (χ0) is 20.8. The third-order valence-electron chi connectivity index (χ3n) is 5.74. The molecule has 0 aliphatic carbocycles. The molecule has 29 heavy (non-hydrogen) atoms. The smallest absolute Gasteiger partial charge is 0.256 e. The first kappa shape index (κ1) is 19.2. The largest absolute Gasteiger partial charge is 0.479 e. The van der Waals surface area contributed by atoms with Crippen LogP contribution < -0.4 is 10.1 Å². The number of benzene rings is 2. The lowest BCUT2D eigenvalue weighted by Gasteiger charge is -2.30. The van der Waals surface area contributed by atoms with Crippen LogP contribution in [0.25, 0.3) is 0 Å². The molecule has 2 aliphatic rings. The number of fused-ring (bicyclic) bond motifs is 2. The van der Waals surface area contributed by atoms with E-state index in [0.717, 1.165) is 0 Å². The van der Waals surface area contributed by atoms with E-state index in [4.69, 9.17) is 22.8 Å². The lowest BCUT2D eigenvalue weighted by Crippen LogP contribution is -2.54. The third-order valence-corrected chi connectivity index (χ3v) is 6.03. The van der Waals surface area contributed by atoms with E-state index in [-0.39, 0.29) is 17.4 Å². The maximum atomic E-state index is 13.1. The summed E-state index contributed by atoms with van der Waals surface area (Å²) in [6.07, 6.45) is 5.20. The van der Waals surface area contributed by atoms with Crippen molar-refractivity contribution in [2.45, 2.75) is 17.5 Å². The van der Waals surface area contributed by atoms with Gasteiger partial charge in [0.05, 0.1) is 10.9 Å². The number of rotatable bonds is 4. The zero-order valence-corrected chi connectivity index (χ0v) is 16.3. The molecule has 3 atom stereocenters. The van der Waals surface area contributed by atoms with Crippen molar-refractivity contribution in [2.24, 2.45) is 0 Å². The summed E-state index contributed by atoms with van der Waals surface area (Å²) >= 11 is 6.31. The number of ether oxygens (including phenoxy) is 1. The molecular weight excluding hydrogens is 394 g/mol. The summed E-state index contributed by atoms with van der Waals surface area (Å²) < 4.78 is 5.38. The van der Waals surface area contributed by atoms with Gasteiger partial charge in [-0.15, -0.1) is 6.42 Å². The van der Waals surface area contributed by atoms with Crippen molar-refractivity contribution in [2.75, 3.05) is 25.5 Å². The van der Waals surface area contributed by atoms with E-state index in [0.29, 0.717) is 34.1 Å². The number of likely N-dealkylation sites (tertiary alicyclic amines) is 1. The van der Waals surface area contributed by atoms with Crippen LogP contribution in [0.2, 0.25) is 5.02 Å². The Morgan fingerprint density at radius 3 is 2.86 bits per heavy atom. The van der Waals surface area contributed by atoms with E-state index in [1.807, 2.05) is 0 Å². The van der Waals surface area contributed by atoms with Crippen molar-refractivity contribution in [3.05, 3.63) is 68.7 Å². The number of nitro groups is 1. The van der Waals surface area contributed by atoms with Crippen LogP contribution in [-0.4, -0.2) is 42.0 Å². The molecule has 8 heteroatoms. The number of anilines is 1. The normalized spacial score (nSPS) is 25.5. The second kappa shape index (κ2) is 7.07. The van der Waals surface area contributed by atoms with Gasteiger partial charge in [0.25, 0.3) is 11.9 Å². The van der Waals surface area contributed by atoms with Gasteiger partial charge in [0.1, 0.15) is 12.4 Å². The minimum absolute atomic E-state index is 0.0722. The number of para-hydroxylation sites is 1. The summed E-state index contributed by atoms with van der Waals surface area (Å²) in [4.78, 5) is 26.7. The molecule has 2 heterocycles. The summed E-state index contributed by atoms with van der Waals surface area (Å²) in [6.45, 7) is 0.400. The Balaban J connectivity index is 1.80. The lowest BCUT2D eigenvalue weighted by molar-refractivity contribution is -0.534. The lowest BCUT2D eigenvalue weighted by atomic mass is 9.79. The van der Waals surface area contributed by atoms with Gasteiger partial charge in [-0.2, -0.15) is 0 Å². The van der Waals surface area contributed by atoms with E-state index in [9.17, 15) is 14.9 Å². The highest BCUT2D eigenvalue weighted by Crippen LogP contribution is 2.52. The zero-order valence-electron chi connectivity index (χ0n) is 15.6. The number of halogens is 1. The molecule has 0 radical (unpaired) electrons. The monoisotopic (exact) mass is 411 g/mol. The van der Waals surface area contributed by atoms with E-state index < -0.39 is 17.5 Å². The Labute approximate surface area is 172 Å². The predicted molar refractivity (Wildman–Crippen MR) is 109 cm³/mol. The Hall–Kier alpha value is -3.08. The molecule has 2 aromatic rings. The molecule has 0 unspecified atom stereocenters. The quantitative estimate of drug-likeness (QED) is 0.475. The summed E-state index contributed by atoms with van der Waals surface area (Å²) in [5, 5.41) is 15.4. The van der Waals surface area contributed by atoms with Crippen molar-refractivity contribution in [1.29, 1.82) is 0 Å². The molecular formula is C21H18ClN3O4. The van der Waals surface area contributed by atoms with Crippen molar-refractivity contribution in [3.63, 3.8) is 0 Å². The molecule has 0 bridgehead atoms. The van der Waals surface area contributed by atoms with E-state index in [2.05, 4.69) is 11.2 Å². The summed E-state index contributed by atoms with van der Waals surface area (Å²) in [5.41, 5.74) is 0.519. The van der Waals surface area contributed by atoms with Gasteiger partial charge in [-0.3, -0.25) is 19.8 Å². The Bertz CT molecular complexity index is 1050. The van der Waals surface area contributed by atoms with Gasteiger partial charge < -0.3 is 10.1 Å². The fourth-order valence-electron chi connectivity index (χ4n) is 4.56. The SMILES string of the molecule is C#CCOc1ccc([C@@H]2CN(C)[C@@]3(C(=O)Nc4ccccc43)[C@@H]2[N+](=O)[O-])cc1Cl. The predicted octanol–water partition coefficient (Wildman–Crippen LogP) is 2.87. The number of nitrogens with zero attached hydrogens (tertiary/aromatic N) is 2. The number of carbonyl (C=O) groups is 1. The Kier molecular flexibility index (Phi) is 4.69. The van der Waals surface area contributed by atoms with Gasteiger partial charge in [0, 0.05) is 22.7 Å². The molecule has 0 aromatic heterocycles. The molecule has 0 saturated carbocycles. The van der Waals surface area contributed by atoms with Gasteiger partial charge in [-0.05, 0) is 30.8 Å². The highest BCUT2D eigenvalue weighted by Gasteiger charge is 2.68. The second-order valence-corrected chi connectivity index (χ2v) is 7.57. The summed E-state index contributed by atoms with van der Waals surface area (Å²) in [7, 11) is 1.74. The summed E-state index contributed by atoms with van der Waals surface area (Å²) in [5.74, 6) is 1.86. The Morgan fingerprint density at radius 1 is 1.41 bits per heavy atom. The molecule has 1 saturated heterocycles. The second-order valence-electron chi connectivity index (χ2n) is 7.17. The highest BCUT2D eigenvalue weighted by atomic mass is 35.5. The van der Waals surface area contributed by atoms with Crippen molar-refractivity contribution in [3.8, 4) is 18.1 Å². The minimum atomic E-state index is -1.38. The minimum Gasteiger partial charge on any atom is -0.479 e. The van der Waals surface area contributed by atoms with Crippen LogP contribution >= 0.6 is 11.6 Å². The van der Waals surface area contributed by atoms with Crippen molar-refractivity contribution >= 4 is 23.2 Å². The average molecular weight is 412 g/mol. The third kappa shape index (κ3) is 2.76. The maximum absolute atomic E-state index is 13.1. The van der Waals surface area contributed by atoms with Crippen LogP contribution in [0.15, 0.2) is 42.5 Å². The van der Waals surface area contributed by atoms with E-state index in [1.165, 1.54) is 0 Å². The molecule has 1 N–H and O–H groups in total. The van der Waals surface area contributed by atoms with Crippen LogP contribution in [0.3, 0.4) is 0 Å². The highest BCUT2D eigenvalue weighted by molar-refractivity contribution is 6.32. The van der Waals surface area contributed by atoms with Gasteiger partial charge in [-0.1, -0.05) is 41.8 Å². The number of likely N-dealkylation sites (N-methyl/N-ethyl adjacent to an activating group) is 1. The molecule has 7 nitrogen and oxygen atoms in total. The molecule has 148 valence electrons. The van der Waals surface area contributed by atoms with E-state index >= 15 is 0 Å². The van der Waals surface area contributed by atoms with Crippen LogP contribution in [-0.2, 0) is 10.3 Å². The first-order valence-electron chi connectivity index (χ1n) is 9.02. The summed E-state index contributed by atoms with van der Waals surface area (Å²) in [6, 6.07) is 11.0.